The van der Waals surface area contributed by atoms with Crippen molar-refractivity contribution in [3.8, 4) is 0 Å². The van der Waals surface area contributed by atoms with Gasteiger partial charge in [0.2, 0.25) is 0 Å². The standard InChI is InChI=1S/C34H68NO8P/c1-6-8-10-12-14-16-17-19-21-23-25-27-34(37)43-32(31-42-44(38,39)41-29-28-35(3,4)5)30-40-33(36)26-24-22-20-18-15-13-11-9-7-2/h32H,6-31H2,1-5H3/p+1/t32-/m1/s1. The lowest BCUT2D eigenvalue weighted by Gasteiger charge is -2.24. The predicted octanol–water partition coefficient (Wildman–Crippen LogP) is 8.90. The van der Waals surface area contributed by atoms with Crippen LogP contribution in [-0.4, -0.2) is 74.9 Å². The molecule has 1 unspecified atom stereocenters. The zero-order chi connectivity index (χ0) is 32.9. The van der Waals surface area contributed by atoms with Gasteiger partial charge in [-0.3, -0.25) is 18.6 Å². The molecule has 0 amide bonds. The number of phosphoric ester groups is 1. The minimum Gasteiger partial charge on any atom is -0.462 e. The number of likely N-dealkylation sites (N-methyl/N-ethyl adjacent to an activating group) is 1. The number of quaternary nitrogens is 1. The van der Waals surface area contributed by atoms with Crippen molar-refractivity contribution < 1.29 is 42.1 Å². The van der Waals surface area contributed by atoms with E-state index >= 15 is 0 Å². The number of nitrogens with zero attached hydrogens (tertiary/aromatic N) is 1. The molecule has 44 heavy (non-hydrogen) atoms. The molecule has 0 aromatic carbocycles. The third-order valence-corrected chi connectivity index (χ3v) is 8.62. The third kappa shape index (κ3) is 31.0. The summed E-state index contributed by atoms with van der Waals surface area (Å²) in [7, 11) is 1.48. The Morgan fingerprint density at radius 3 is 1.45 bits per heavy atom. The average molecular weight is 651 g/mol. The number of unbranched alkanes of at least 4 members (excludes halogenated alkanes) is 18. The summed E-state index contributed by atoms with van der Waals surface area (Å²) in [5.41, 5.74) is 0. The quantitative estimate of drug-likeness (QED) is 0.0333. The van der Waals surface area contributed by atoms with Gasteiger partial charge in [-0.05, 0) is 12.8 Å². The number of ether oxygens (including phenoxy) is 2. The Kier molecular flexibility index (Phi) is 27.6. The molecule has 0 radical (unpaired) electrons. The molecule has 1 N–H and O–H groups in total. The van der Waals surface area contributed by atoms with E-state index in [-0.39, 0.29) is 25.6 Å². The molecular formula is C34H69NO8P+. The minimum absolute atomic E-state index is 0.0360. The van der Waals surface area contributed by atoms with Gasteiger partial charge in [-0.15, -0.1) is 0 Å². The molecule has 9 nitrogen and oxygen atoms in total. The SMILES string of the molecule is CCCCCCCCCCCCCC(=O)O[C@H](COC(=O)CCCCCCCCCCC)COP(=O)(O)OCC[N+](C)(C)C. The van der Waals surface area contributed by atoms with E-state index in [1.807, 2.05) is 21.1 Å². The van der Waals surface area contributed by atoms with E-state index in [0.29, 0.717) is 23.9 Å². The van der Waals surface area contributed by atoms with Crippen molar-refractivity contribution in [3.63, 3.8) is 0 Å². The predicted molar refractivity (Wildman–Crippen MR) is 178 cm³/mol. The van der Waals surface area contributed by atoms with Crippen LogP contribution in [0.4, 0.5) is 0 Å². The van der Waals surface area contributed by atoms with Crippen molar-refractivity contribution in [2.45, 2.75) is 161 Å². The lowest BCUT2D eigenvalue weighted by molar-refractivity contribution is -0.870. The lowest BCUT2D eigenvalue weighted by Crippen LogP contribution is -2.37. The van der Waals surface area contributed by atoms with Crippen molar-refractivity contribution in [3.05, 3.63) is 0 Å². The molecule has 0 bridgehead atoms. The molecule has 0 spiro atoms. The number of esters is 2. The van der Waals surface area contributed by atoms with Crippen LogP contribution in [0, 0.1) is 0 Å². The molecule has 262 valence electrons. The lowest BCUT2D eigenvalue weighted by atomic mass is 10.1. The Labute approximate surface area is 270 Å². The fraction of sp³-hybridized carbons (Fsp3) is 0.941. The van der Waals surface area contributed by atoms with Crippen molar-refractivity contribution in [2.24, 2.45) is 0 Å². The van der Waals surface area contributed by atoms with E-state index in [1.54, 1.807) is 0 Å². The Balaban J connectivity index is 4.47. The van der Waals surface area contributed by atoms with Gasteiger partial charge in [-0.25, -0.2) is 4.57 Å². The highest BCUT2D eigenvalue weighted by atomic mass is 31.2. The summed E-state index contributed by atoms with van der Waals surface area (Å²) in [6.45, 7) is 4.38. The molecule has 0 saturated heterocycles. The van der Waals surface area contributed by atoms with Crippen LogP contribution in [0.3, 0.4) is 0 Å². The molecule has 0 aromatic heterocycles. The monoisotopic (exact) mass is 650 g/mol. The maximum atomic E-state index is 12.5. The van der Waals surface area contributed by atoms with Gasteiger partial charge >= 0.3 is 19.8 Å². The fourth-order valence-corrected chi connectivity index (χ4v) is 5.52. The van der Waals surface area contributed by atoms with Gasteiger partial charge in [0, 0.05) is 12.8 Å². The van der Waals surface area contributed by atoms with Crippen LogP contribution in [0.15, 0.2) is 0 Å². The van der Waals surface area contributed by atoms with Crippen molar-refractivity contribution in [2.75, 3.05) is 47.5 Å². The maximum absolute atomic E-state index is 12.5. The summed E-state index contributed by atoms with van der Waals surface area (Å²) in [5, 5.41) is 0. The van der Waals surface area contributed by atoms with Gasteiger partial charge in [-0.2, -0.15) is 0 Å². The smallest absolute Gasteiger partial charge is 0.462 e. The van der Waals surface area contributed by atoms with Gasteiger partial charge in [0.05, 0.1) is 27.7 Å². The van der Waals surface area contributed by atoms with Crippen LogP contribution >= 0.6 is 7.82 Å². The summed E-state index contributed by atoms with van der Waals surface area (Å²) < 4.78 is 34.0. The molecule has 0 aliphatic rings. The molecule has 0 rings (SSSR count). The fourth-order valence-electron chi connectivity index (χ4n) is 4.78. The first-order valence-electron chi connectivity index (χ1n) is 17.8. The Morgan fingerprint density at radius 2 is 1.02 bits per heavy atom. The van der Waals surface area contributed by atoms with Crippen LogP contribution < -0.4 is 0 Å². The first-order valence-corrected chi connectivity index (χ1v) is 19.3. The first kappa shape index (κ1) is 43.0. The van der Waals surface area contributed by atoms with Crippen LogP contribution in [0.25, 0.3) is 0 Å². The van der Waals surface area contributed by atoms with Crippen LogP contribution in [0.5, 0.6) is 0 Å². The number of carbonyl (C=O) groups is 2. The molecule has 2 atom stereocenters. The molecule has 0 heterocycles. The van der Waals surface area contributed by atoms with Crippen molar-refractivity contribution in [1.82, 2.24) is 0 Å². The van der Waals surface area contributed by atoms with Crippen LogP contribution in [-0.2, 0) is 32.7 Å². The summed E-state index contributed by atoms with van der Waals surface area (Å²) in [4.78, 5) is 35.0. The number of phosphoric acid groups is 1. The average Bonchev–Trinajstić information content (AvgIpc) is 2.95. The molecule has 0 fully saturated rings. The number of carbonyl (C=O) groups excluding carboxylic acids is 2. The summed E-state index contributed by atoms with van der Waals surface area (Å²) in [6, 6.07) is 0. The highest BCUT2D eigenvalue weighted by Crippen LogP contribution is 2.43. The molecule has 0 aliphatic heterocycles. The Hall–Kier alpha value is -0.990. The molecule has 0 aromatic rings. The second-order valence-corrected chi connectivity index (χ2v) is 14.7. The van der Waals surface area contributed by atoms with E-state index in [2.05, 4.69) is 13.8 Å². The Morgan fingerprint density at radius 1 is 0.614 bits per heavy atom. The highest BCUT2D eigenvalue weighted by Gasteiger charge is 2.27. The molecule has 0 aliphatic carbocycles. The molecular weight excluding hydrogens is 581 g/mol. The van der Waals surface area contributed by atoms with Gasteiger partial charge in [0.1, 0.15) is 19.8 Å². The minimum atomic E-state index is -4.35. The van der Waals surface area contributed by atoms with Crippen LogP contribution in [0.1, 0.15) is 155 Å². The number of rotatable bonds is 32. The van der Waals surface area contributed by atoms with Gasteiger partial charge in [0.25, 0.3) is 0 Å². The van der Waals surface area contributed by atoms with E-state index in [0.717, 1.165) is 32.1 Å². The maximum Gasteiger partial charge on any atom is 0.472 e. The highest BCUT2D eigenvalue weighted by molar-refractivity contribution is 7.47. The van der Waals surface area contributed by atoms with Gasteiger partial charge in [-0.1, -0.05) is 129 Å². The largest absolute Gasteiger partial charge is 0.472 e. The zero-order valence-electron chi connectivity index (χ0n) is 29.2. The van der Waals surface area contributed by atoms with E-state index < -0.39 is 26.5 Å². The second-order valence-electron chi connectivity index (χ2n) is 13.3. The number of hydrogen-bond acceptors (Lipinski definition) is 7. The topological polar surface area (TPSA) is 108 Å². The van der Waals surface area contributed by atoms with E-state index in [9.17, 15) is 19.0 Å². The second kappa shape index (κ2) is 28.3. The zero-order valence-corrected chi connectivity index (χ0v) is 30.1. The van der Waals surface area contributed by atoms with Gasteiger partial charge in [0.15, 0.2) is 6.10 Å². The van der Waals surface area contributed by atoms with Crippen molar-refractivity contribution >= 4 is 19.8 Å². The van der Waals surface area contributed by atoms with Crippen molar-refractivity contribution in [1.29, 1.82) is 0 Å². The molecule has 0 saturated carbocycles. The van der Waals surface area contributed by atoms with Gasteiger partial charge < -0.3 is 18.9 Å². The summed E-state index contributed by atoms with van der Waals surface area (Å²) in [5.74, 6) is -0.797. The van der Waals surface area contributed by atoms with E-state index in [1.165, 1.54) is 89.9 Å². The first-order chi connectivity index (χ1) is 21.0. The summed E-state index contributed by atoms with van der Waals surface area (Å²) >= 11 is 0. The molecule has 10 heteroatoms. The van der Waals surface area contributed by atoms with E-state index in [4.69, 9.17) is 18.5 Å². The van der Waals surface area contributed by atoms with Crippen LogP contribution in [0.2, 0.25) is 0 Å². The normalized spacial score (nSPS) is 13.9. The third-order valence-electron chi connectivity index (χ3n) is 7.64. The summed E-state index contributed by atoms with van der Waals surface area (Å²) in [6.07, 6.45) is 22.9. The Bertz CT molecular complexity index is 743. The number of hydrogen-bond donors (Lipinski definition) is 1.